The molecule has 0 aliphatic carbocycles. The van der Waals surface area contributed by atoms with E-state index in [-0.39, 0.29) is 5.56 Å². The van der Waals surface area contributed by atoms with Crippen LogP contribution in [0.15, 0.2) is 54.6 Å². The molecule has 2 aromatic rings. The van der Waals surface area contributed by atoms with Crippen LogP contribution in [0.25, 0.3) is 0 Å². The van der Waals surface area contributed by atoms with Gasteiger partial charge in [0.25, 0.3) is 0 Å². The fourth-order valence-electron chi connectivity index (χ4n) is 4.12. The van der Waals surface area contributed by atoms with E-state index in [0.29, 0.717) is 18.4 Å². The van der Waals surface area contributed by atoms with Crippen LogP contribution >= 0.6 is 0 Å². The lowest BCUT2D eigenvalue weighted by atomic mass is 9.73. The van der Waals surface area contributed by atoms with Gasteiger partial charge < -0.3 is 5.11 Å². The summed E-state index contributed by atoms with van der Waals surface area (Å²) in [5.41, 5.74) is -3.16. The monoisotopic (exact) mass is 600 g/mol. The summed E-state index contributed by atoms with van der Waals surface area (Å²) in [6, 6.07) is 11.3. The number of unbranched alkanes of at least 4 members (excludes halogenated alkanes) is 1. The molecule has 0 aliphatic rings. The van der Waals surface area contributed by atoms with Gasteiger partial charge in [-0.3, -0.25) is 0 Å². The van der Waals surface area contributed by atoms with E-state index in [2.05, 4.69) is 0 Å². The number of rotatable bonds is 12. The number of hydrogen-bond donors (Lipinski definition) is 1. The van der Waals surface area contributed by atoms with E-state index in [4.69, 9.17) is 0 Å². The Morgan fingerprint density at radius 2 is 1.12 bits per heavy atom. The highest BCUT2D eigenvalue weighted by Gasteiger charge is 2.90. The van der Waals surface area contributed by atoms with Gasteiger partial charge >= 0.3 is 35.8 Å². The Labute approximate surface area is 221 Å². The maximum atomic E-state index is 15.0. The van der Waals surface area contributed by atoms with Crippen LogP contribution in [-0.4, -0.2) is 40.9 Å². The molecule has 1 N–H and O–H groups in total. The van der Waals surface area contributed by atoms with Crippen molar-refractivity contribution in [3.63, 3.8) is 0 Å². The fourth-order valence-corrected chi connectivity index (χ4v) is 4.12. The van der Waals surface area contributed by atoms with Gasteiger partial charge in [-0.1, -0.05) is 74.9 Å². The van der Waals surface area contributed by atoms with Gasteiger partial charge in [-0.2, -0.15) is 57.1 Å². The highest BCUT2D eigenvalue weighted by Crippen LogP contribution is 2.62. The maximum absolute atomic E-state index is 15.0. The van der Waals surface area contributed by atoms with Crippen molar-refractivity contribution in [2.24, 2.45) is 0 Å². The quantitative estimate of drug-likeness (QED) is 0.241. The maximum Gasteiger partial charge on any atom is 0.460 e. The van der Waals surface area contributed by atoms with E-state index in [9.17, 15) is 62.2 Å². The summed E-state index contributed by atoms with van der Waals surface area (Å²) >= 11 is 0. The van der Waals surface area contributed by atoms with Crippen LogP contribution in [0.2, 0.25) is 0 Å². The number of hydrogen-bond acceptors (Lipinski definition) is 1. The lowest BCUT2D eigenvalue weighted by Gasteiger charge is -2.43. The van der Waals surface area contributed by atoms with Gasteiger partial charge in [0.05, 0.1) is 6.42 Å². The van der Waals surface area contributed by atoms with Crippen LogP contribution in [0.5, 0.6) is 0 Å². The van der Waals surface area contributed by atoms with E-state index in [1.54, 1.807) is 0 Å². The Bertz CT molecular complexity index is 1110. The van der Waals surface area contributed by atoms with E-state index in [1.807, 2.05) is 6.92 Å². The highest BCUT2D eigenvalue weighted by atomic mass is 19.4. The number of aryl methyl sites for hydroxylation is 1. The predicted molar refractivity (Wildman–Crippen MR) is 119 cm³/mol. The summed E-state index contributed by atoms with van der Waals surface area (Å²) < 4.78 is 178. The average molecular weight is 600 g/mol. The van der Waals surface area contributed by atoms with Crippen molar-refractivity contribution in [3.05, 3.63) is 71.3 Å². The number of benzene rings is 2. The molecular weight excluding hydrogens is 575 g/mol. The first-order chi connectivity index (χ1) is 18.0. The lowest BCUT2D eigenvalue weighted by Crippen LogP contribution is -2.70. The van der Waals surface area contributed by atoms with Crippen LogP contribution in [0, 0.1) is 0 Å². The van der Waals surface area contributed by atoms with Gasteiger partial charge in [-0.15, -0.1) is 0 Å². The summed E-state index contributed by atoms with van der Waals surface area (Å²) in [6.45, 7) is 2.89. The van der Waals surface area contributed by atoms with Crippen molar-refractivity contribution in [3.8, 4) is 0 Å². The zero-order valence-electron chi connectivity index (χ0n) is 21.0. The minimum atomic E-state index is -8.00. The Morgan fingerprint density at radius 1 is 0.650 bits per heavy atom. The molecule has 0 amide bonds. The van der Waals surface area contributed by atoms with Crippen LogP contribution in [0.4, 0.5) is 57.1 Å². The minimum absolute atomic E-state index is 0.000120. The molecule has 2 unspecified atom stereocenters. The van der Waals surface area contributed by atoms with Crippen LogP contribution in [0.1, 0.15) is 55.7 Å². The number of halogens is 13. The first kappa shape index (κ1) is 33.7. The first-order valence-electron chi connectivity index (χ1n) is 11.8. The Kier molecular flexibility index (Phi) is 9.31. The van der Waals surface area contributed by atoms with Crippen molar-refractivity contribution in [2.45, 2.75) is 86.8 Å². The SMILES string of the molecule is CCCCc1ccc(C(O)(CC(F)(F)C(F)(F)C(F)(F)C(F)(F)C(F)(F)C(F)(F)F)C(C)c2ccccc2)cc1. The van der Waals surface area contributed by atoms with Crippen molar-refractivity contribution in [1.29, 1.82) is 0 Å². The number of alkyl halides is 13. The van der Waals surface area contributed by atoms with Crippen LogP contribution < -0.4 is 0 Å². The molecule has 2 rings (SSSR count). The third kappa shape index (κ3) is 5.64. The first-order valence-corrected chi connectivity index (χ1v) is 11.8. The van der Waals surface area contributed by atoms with Crippen LogP contribution in [0.3, 0.4) is 0 Å². The Hall–Kier alpha value is -2.51. The second-order valence-corrected chi connectivity index (χ2v) is 9.53. The molecule has 0 aliphatic heterocycles. The average Bonchev–Trinajstić information content (AvgIpc) is 2.86. The van der Waals surface area contributed by atoms with E-state index in [1.165, 1.54) is 42.5 Å². The summed E-state index contributed by atoms with van der Waals surface area (Å²) in [5.74, 6) is -39.3. The summed E-state index contributed by atoms with van der Waals surface area (Å²) in [7, 11) is 0. The fraction of sp³-hybridized carbons (Fsp3) is 0.538. The molecule has 1 nitrogen and oxygen atoms in total. The van der Waals surface area contributed by atoms with E-state index >= 15 is 0 Å². The smallest absolute Gasteiger partial charge is 0.384 e. The molecule has 0 saturated heterocycles. The molecule has 2 aromatic carbocycles. The molecule has 0 saturated carbocycles. The van der Waals surface area contributed by atoms with Gasteiger partial charge in [-0.05, 0) is 29.5 Å². The van der Waals surface area contributed by atoms with Crippen molar-refractivity contribution < 1.29 is 62.2 Å². The minimum Gasteiger partial charge on any atom is -0.384 e. The van der Waals surface area contributed by atoms with Gasteiger partial charge in [0.2, 0.25) is 0 Å². The summed E-state index contributed by atoms with van der Waals surface area (Å²) in [4.78, 5) is 0. The summed E-state index contributed by atoms with van der Waals surface area (Å²) in [6.07, 6.45) is -8.33. The molecule has 0 radical (unpaired) electrons. The molecule has 0 fully saturated rings. The number of aliphatic hydroxyl groups is 1. The third-order valence-corrected chi connectivity index (χ3v) is 6.78. The van der Waals surface area contributed by atoms with Gasteiger partial charge in [0.15, 0.2) is 0 Å². The third-order valence-electron chi connectivity index (χ3n) is 6.78. The molecule has 2 atom stereocenters. The standard InChI is InChI=1S/C26H25F13O/c1-3-4-8-17-11-13-19(14-12-17)20(40,16(2)18-9-6-5-7-10-18)15-21(27,28)22(29,30)23(31,32)24(33,34)25(35,36)26(37,38)39/h5-7,9-14,16,40H,3-4,8,15H2,1-2H3. The van der Waals surface area contributed by atoms with E-state index < -0.39 is 59.3 Å². The van der Waals surface area contributed by atoms with E-state index in [0.717, 1.165) is 25.5 Å². The lowest BCUT2D eigenvalue weighted by molar-refractivity contribution is -0.441. The summed E-state index contributed by atoms with van der Waals surface area (Å²) in [5, 5.41) is 11.4. The molecule has 0 spiro atoms. The molecule has 0 bridgehead atoms. The van der Waals surface area contributed by atoms with Gasteiger partial charge in [0.1, 0.15) is 5.60 Å². The zero-order chi connectivity index (χ0) is 31.0. The van der Waals surface area contributed by atoms with Crippen LogP contribution in [-0.2, 0) is 12.0 Å². The molecule has 226 valence electrons. The normalized spacial score (nSPS) is 16.5. The van der Waals surface area contributed by atoms with Crippen molar-refractivity contribution >= 4 is 0 Å². The van der Waals surface area contributed by atoms with Gasteiger partial charge in [0, 0.05) is 5.92 Å². The van der Waals surface area contributed by atoms with Crippen molar-refractivity contribution in [2.75, 3.05) is 0 Å². The molecule has 0 aromatic heterocycles. The second-order valence-electron chi connectivity index (χ2n) is 9.53. The largest absolute Gasteiger partial charge is 0.460 e. The van der Waals surface area contributed by atoms with Gasteiger partial charge in [-0.25, -0.2) is 0 Å². The van der Waals surface area contributed by atoms with Crippen molar-refractivity contribution in [1.82, 2.24) is 0 Å². The molecule has 0 heterocycles. The molecule has 40 heavy (non-hydrogen) atoms. The zero-order valence-corrected chi connectivity index (χ0v) is 21.0. The highest BCUT2D eigenvalue weighted by molar-refractivity contribution is 5.34. The second kappa shape index (κ2) is 11.1. The molecule has 14 heteroatoms. The Morgan fingerprint density at radius 3 is 1.57 bits per heavy atom. The topological polar surface area (TPSA) is 20.2 Å². The molecular formula is C26H25F13O. The predicted octanol–water partition coefficient (Wildman–Crippen LogP) is 9.15. The Balaban J connectivity index is 2.65.